The summed E-state index contributed by atoms with van der Waals surface area (Å²) in [7, 11) is -1.54. The molecule has 0 aliphatic carbocycles. The van der Waals surface area contributed by atoms with Crippen LogP contribution in [0.15, 0.2) is 122 Å². The van der Waals surface area contributed by atoms with Crippen LogP contribution in [0.1, 0.15) is 0 Å². The predicted molar refractivity (Wildman–Crippen MR) is 176 cm³/mol. The van der Waals surface area contributed by atoms with Gasteiger partial charge in [-0.15, -0.1) is 47.5 Å². The van der Waals surface area contributed by atoms with Crippen LogP contribution in [0.4, 0.5) is 0 Å². The normalized spacial score (nSPS) is 11.0. The van der Waals surface area contributed by atoms with Crippen LogP contribution < -0.4 is 5.19 Å². The molecular formula is C36H29IrN3SSi-2. The summed E-state index contributed by atoms with van der Waals surface area (Å²) in [5.74, 6) is 0. The first kappa shape index (κ1) is 29.7. The second-order valence-corrected chi connectivity index (χ2v) is 16.9. The fourth-order valence-electron chi connectivity index (χ4n) is 4.83. The molecule has 209 valence electrons. The maximum Gasteiger partial charge on any atom is 0.0803 e. The first-order chi connectivity index (χ1) is 20.0. The van der Waals surface area contributed by atoms with E-state index in [2.05, 4.69) is 115 Å². The number of hydrogen-bond donors (Lipinski definition) is 0. The van der Waals surface area contributed by atoms with Crippen molar-refractivity contribution in [3.8, 4) is 33.6 Å². The SMILES string of the molecule is C[Si](C)(C)c1cnc(-c2[c-]nc3sc4ccccc4c3c2)cc1-c1ccccc1.[Ir].[c-]1ccccc1-c1ccccn1. The first-order valence-electron chi connectivity index (χ1n) is 13.6. The first-order valence-corrected chi connectivity index (χ1v) is 17.9. The smallest absolute Gasteiger partial charge is 0.0803 e. The van der Waals surface area contributed by atoms with E-state index in [-0.39, 0.29) is 20.1 Å². The third kappa shape index (κ3) is 6.48. The molecule has 7 rings (SSSR count). The second kappa shape index (κ2) is 13.0. The van der Waals surface area contributed by atoms with Crippen molar-refractivity contribution in [2.24, 2.45) is 0 Å². The van der Waals surface area contributed by atoms with Crippen LogP contribution in [0.2, 0.25) is 19.6 Å². The predicted octanol–water partition coefficient (Wildman–Crippen LogP) is 9.07. The van der Waals surface area contributed by atoms with Crippen molar-refractivity contribution in [2.75, 3.05) is 0 Å². The van der Waals surface area contributed by atoms with E-state index in [0.29, 0.717) is 0 Å². The van der Waals surface area contributed by atoms with Gasteiger partial charge in [0.15, 0.2) is 0 Å². The Hall–Kier alpha value is -3.80. The molecule has 0 saturated heterocycles. The monoisotopic (exact) mass is 756 g/mol. The molecule has 0 spiro atoms. The van der Waals surface area contributed by atoms with Gasteiger partial charge in [-0.2, -0.15) is 11.3 Å². The molecule has 0 atom stereocenters. The zero-order chi connectivity index (χ0) is 28.2. The zero-order valence-electron chi connectivity index (χ0n) is 23.6. The van der Waals surface area contributed by atoms with Gasteiger partial charge < -0.3 is 15.0 Å². The van der Waals surface area contributed by atoms with Gasteiger partial charge in [0.05, 0.1) is 8.07 Å². The molecule has 0 saturated carbocycles. The minimum absolute atomic E-state index is 0. The number of rotatable bonds is 4. The van der Waals surface area contributed by atoms with Gasteiger partial charge in [-0.05, 0) is 51.4 Å². The van der Waals surface area contributed by atoms with Crippen molar-refractivity contribution in [3.05, 3.63) is 134 Å². The van der Waals surface area contributed by atoms with Gasteiger partial charge in [0.25, 0.3) is 0 Å². The molecule has 0 bridgehead atoms. The number of aromatic nitrogens is 3. The summed E-state index contributed by atoms with van der Waals surface area (Å²) in [6.07, 6.45) is 7.10. The number of hydrogen-bond acceptors (Lipinski definition) is 4. The zero-order valence-corrected chi connectivity index (χ0v) is 27.8. The molecule has 1 radical (unpaired) electrons. The van der Waals surface area contributed by atoms with E-state index in [4.69, 9.17) is 4.98 Å². The maximum atomic E-state index is 4.84. The number of thiophene rings is 1. The number of fused-ring (bicyclic) bond motifs is 3. The average molecular weight is 756 g/mol. The fourth-order valence-corrected chi connectivity index (χ4v) is 7.31. The summed E-state index contributed by atoms with van der Waals surface area (Å²) in [6, 6.07) is 40.3. The number of nitrogens with zero attached hydrogens (tertiary/aromatic N) is 3. The fraction of sp³-hybridized carbons (Fsp3) is 0.0833. The quantitative estimate of drug-likeness (QED) is 0.133. The minimum atomic E-state index is -1.54. The largest absolute Gasteiger partial charge is 0.341 e. The van der Waals surface area contributed by atoms with Crippen LogP contribution in [0.3, 0.4) is 0 Å². The molecule has 0 aliphatic rings. The summed E-state index contributed by atoms with van der Waals surface area (Å²) in [4.78, 5) is 14.7. The number of benzene rings is 3. The summed E-state index contributed by atoms with van der Waals surface area (Å²) >= 11 is 1.71. The van der Waals surface area contributed by atoms with Crippen LogP contribution in [0.25, 0.3) is 53.9 Å². The molecule has 0 amide bonds. The maximum absolute atomic E-state index is 4.84. The van der Waals surface area contributed by atoms with E-state index < -0.39 is 8.07 Å². The van der Waals surface area contributed by atoms with Crippen LogP contribution in [-0.2, 0) is 20.1 Å². The molecule has 4 aromatic heterocycles. The van der Waals surface area contributed by atoms with Gasteiger partial charge >= 0.3 is 0 Å². The van der Waals surface area contributed by atoms with Gasteiger partial charge in [-0.25, -0.2) is 0 Å². The van der Waals surface area contributed by atoms with E-state index in [1.54, 1.807) is 17.5 Å². The Kier molecular flexibility index (Phi) is 9.20. The Bertz CT molecular complexity index is 1880. The summed E-state index contributed by atoms with van der Waals surface area (Å²) in [6.45, 7) is 7.11. The molecule has 7 aromatic rings. The van der Waals surface area contributed by atoms with E-state index in [0.717, 1.165) is 27.3 Å². The van der Waals surface area contributed by atoms with Crippen LogP contribution in [0, 0.1) is 12.3 Å². The Morgan fingerprint density at radius 1 is 0.690 bits per heavy atom. The van der Waals surface area contributed by atoms with Gasteiger partial charge in [-0.1, -0.05) is 91.8 Å². The van der Waals surface area contributed by atoms with Gasteiger partial charge in [0, 0.05) is 42.0 Å². The minimum Gasteiger partial charge on any atom is -0.341 e. The molecule has 0 unspecified atom stereocenters. The molecule has 3 aromatic carbocycles. The third-order valence-electron chi connectivity index (χ3n) is 6.90. The van der Waals surface area contributed by atoms with E-state index in [1.807, 2.05) is 42.5 Å². The van der Waals surface area contributed by atoms with E-state index >= 15 is 0 Å². The van der Waals surface area contributed by atoms with E-state index in [9.17, 15) is 0 Å². The molecule has 6 heteroatoms. The number of pyridine rings is 3. The molecule has 0 fully saturated rings. The van der Waals surface area contributed by atoms with Gasteiger partial charge in [0.1, 0.15) is 0 Å². The molecule has 0 N–H and O–H groups in total. The molecular weight excluding hydrogens is 727 g/mol. The summed E-state index contributed by atoms with van der Waals surface area (Å²) < 4.78 is 1.26. The molecule has 42 heavy (non-hydrogen) atoms. The third-order valence-corrected chi connectivity index (χ3v) is 10.00. The molecule has 3 nitrogen and oxygen atoms in total. The van der Waals surface area contributed by atoms with Crippen molar-refractivity contribution in [3.63, 3.8) is 0 Å². The van der Waals surface area contributed by atoms with Crippen molar-refractivity contribution in [2.45, 2.75) is 19.6 Å². The average Bonchev–Trinajstić information content (AvgIpc) is 3.40. The van der Waals surface area contributed by atoms with Gasteiger partial charge in [0.2, 0.25) is 0 Å². The van der Waals surface area contributed by atoms with Crippen LogP contribution in [-0.4, -0.2) is 23.0 Å². The Labute approximate surface area is 265 Å². The standard InChI is InChI=1S/C25H21N2SSi.C11H8N.Ir/c1-29(2,3)24-16-26-22(14-20(24)17-9-5-4-6-10-17)18-13-21-19-11-7-8-12-23(19)28-25(21)27-15-18;1-2-6-10(7-3-1)11-8-4-5-9-12-11;/h4-14,16H,1-3H3;1-6,8-9H;/q2*-1;. The summed E-state index contributed by atoms with van der Waals surface area (Å²) in [5, 5.41) is 3.80. The van der Waals surface area contributed by atoms with Gasteiger partial charge in [-0.3, -0.25) is 0 Å². The van der Waals surface area contributed by atoms with Crippen molar-refractivity contribution < 1.29 is 20.1 Å². The van der Waals surface area contributed by atoms with Crippen LogP contribution in [0.5, 0.6) is 0 Å². The topological polar surface area (TPSA) is 38.7 Å². The van der Waals surface area contributed by atoms with Crippen molar-refractivity contribution in [1.82, 2.24) is 15.0 Å². The van der Waals surface area contributed by atoms with Crippen molar-refractivity contribution >= 4 is 44.9 Å². The molecule has 4 heterocycles. The molecule has 0 aliphatic heterocycles. The van der Waals surface area contributed by atoms with Crippen molar-refractivity contribution in [1.29, 1.82) is 0 Å². The van der Waals surface area contributed by atoms with E-state index in [1.165, 1.54) is 31.8 Å². The Balaban J connectivity index is 0.000000228. The Morgan fingerprint density at radius 2 is 1.45 bits per heavy atom. The second-order valence-electron chi connectivity index (χ2n) is 10.8. The van der Waals surface area contributed by atoms with Crippen LogP contribution >= 0.6 is 11.3 Å². The Morgan fingerprint density at radius 3 is 2.19 bits per heavy atom. The summed E-state index contributed by atoms with van der Waals surface area (Å²) in [5.41, 5.74) is 6.40.